The number of halogens is 1. The van der Waals surface area contributed by atoms with E-state index >= 15 is 0 Å². The van der Waals surface area contributed by atoms with Crippen molar-refractivity contribution >= 4 is 56.9 Å². The number of benzene rings is 1. The van der Waals surface area contributed by atoms with Gasteiger partial charge in [-0.3, -0.25) is 4.79 Å². The van der Waals surface area contributed by atoms with E-state index in [4.69, 9.17) is 0 Å². The molecule has 1 N–H and O–H groups in total. The van der Waals surface area contributed by atoms with Crippen molar-refractivity contribution in [3.05, 3.63) is 39.7 Å². The van der Waals surface area contributed by atoms with Crippen LogP contribution in [0.2, 0.25) is 0 Å². The quantitative estimate of drug-likeness (QED) is 0.697. The summed E-state index contributed by atoms with van der Waals surface area (Å²) in [6.45, 7) is 6.06. The van der Waals surface area contributed by atoms with E-state index < -0.39 is 11.3 Å². The van der Waals surface area contributed by atoms with Crippen molar-refractivity contribution in [3.63, 3.8) is 0 Å². The van der Waals surface area contributed by atoms with Crippen LogP contribution in [0.5, 0.6) is 0 Å². The highest BCUT2D eigenvalue weighted by atomic mass is 79.9. The molecule has 2 aliphatic heterocycles. The van der Waals surface area contributed by atoms with Gasteiger partial charge in [0.15, 0.2) is 11.8 Å². The number of carbonyl (C=O) groups is 3. The number of aryl methyl sites for hydroxylation is 1. The minimum absolute atomic E-state index is 0.141. The predicted molar refractivity (Wildman–Crippen MR) is 110 cm³/mol. The Hall–Kier alpha value is -1.93. The van der Waals surface area contributed by atoms with Gasteiger partial charge in [0.05, 0.1) is 12.2 Å². The molecule has 27 heavy (non-hydrogen) atoms. The fourth-order valence-electron chi connectivity index (χ4n) is 3.00. The summed E-state index contributed by atoms with van der Waals surface area (Å²) in [5.41, 5.74) is 2.29. The maximum absolute atomic E-state index is 12.9. The molecule has 8 heteroatoms. The molecule has 1 atom stereocenters. The fraction of sp³-hybridized carbons (Fsp3) is 0.368. The Morgan fingerprint density at radius 1 is 1.37 bits per heavy atom. The Morgan fingerprint density at radius 2 is 2.11 bits per heavy atom. The number of rotatable bonds is 5. The molecule has 1 aromatic rings. The number of carbonyl (C=O) groups excluding carboxylic acids is 3. The van der Waals surface area contributed by atoms with Crippen LogP contribution in [0.1, 0.15) is 19.4 Å². The fourth-order valence-corrected chi connectivity index (χ4v) is 4.56. The van der Waals surface area contributed by atoms with Gasteiger partial charge in [-0.15, -0.1) is 11.8 Å². The van der Waals surface area contributed by atoms with Crippen LogP contribution in [0, 0.1) is 12.8 Å². The molecular weight excluding hydrogens is 430 g/mol. The van der Waals surface area contributed by atoms with Crippen LogP contribution in [0.4, 0.5) is 10.5 Å². The third kappa shape index (κ3) is 4.16. The number of hydrogen-bond acceptors (Lipinski definition) is 4. The Labute approximate surface area is 170 Å². The number of urea groups is 1. The van der Waals surface area contributed by atoms with Crippen LogP contribution < -0.4 is 5.32 Å². The van der Waals surface area contributed by atoms with Gasteiger partial charge in [0.1, 0.15) is 5.71 Å². The van der Waals surface area contributed by atoms with Gasteiger partial charge in [0, 0.05) is 4.47 Å². The van der Waals surface area contributed by atoms with Crippen LogP contribution >= 0.6 is 27.7 Å². The number of thioether (sulfide) groups is 1. The van der Waals surface area contributed by atoms with Crippen LogP contribution in [-0.4, -0.2) is 51.4 Å². The molecule has 3 rings (SSSR count). The van der Waals surface area contributed by atoms with Crippen molar-refractivity contribution in [1.29, 1.82) is 0 Å². The lowest BCUT2D eigenvalue weighted by Crippen LogP contribution is -2.57. The molecule has 2 heterocycles. The van der Waals surface area contributed by atoms with E-state index in [-0.39, 0.29) is 24.3 Å². The Bertz CT molecular complexity index is 879. The van der Waals surface area contributed by atoms with E-state index in [0.29, 0.717) is 17.9 Å². The van der Waals surface area contributed by atoms with E-state index in [0.717, 1.165) is 10.0 Å². The average molecular weight is 451 g/mol. The molecule has 0 aliphatic carbocycles. The van der Waals surface area contributed by atoms with Gasteiger partial charge in [-0.2, -0.15) is 14.3 Å². The molecule has 0 bridgehead atoms. The second-order valence-corrected chi connectivity index (χ2v) is 8.86. The number of imide groups is 1. The van der Waals surface area contributed by atoms with Crippen LogP contribution in [-0.2, 0) is 9.59 Å². The molecule has 0 spiro atoms. The smallest absolute Gasteiger partial charge is 0.322 e. The third-order valence-corrected chi connectivity index (χ3v) is 5.90. The van der Waals surface area contributed by atoms with E-state index in [1.54, 1.807) is 11.5 Å². The number of hydrogen-bond donors (Lipinski definition) is 1. The summed E-state index contributed by atoms with van der Waals surface area (Å²) >= 11 is 4.80. The minimum atomic E-state index is -0.458. The average Bonchev–Trinajstić information content (AvgIpc) is 3.07. The summed E-state index contributed by atoms with van der Waals surface area (Å²) in [5, 5.41) is 4.16. The predicted octanol–water partition coefficient (Wildman–Crippen LogP) is 3.40. The topological polar surface area (TPSA) is 69.5 Å². The zero-order valence-electron chi connectivity index (χ0n) is 15.4. The van der Waals surface area contributed by atoms with Gasteiger partial charge in [-0.05, 0) is 58.0 Å². The van der Waals surface area contributed by atoms with Gasteiger partial charge in [-0.25, -0.2) is 4.79 Å². The van der Waals surface area contributed by atoms with Crippen molar-refractivity contribution in [2.75, 3.05) is 18.4 Å². The first kappa shape index (κ1) is 19.8. The largest absolute Gasteiger partial charge is 0.501 e. The van der Waals surface area contributed by atoms with Gasteiger partial charge >= 0.3 is 11.9 Å². The highest BCUT2D eigenvalue weighted by Crippen LogP contribution is 2.28. The van der Waals surface area contributed by atoms with Crippen molar-refractivity contribution in [2.24, 2.45) is 5.92 Å². The lowest BCUT2D eigenvalue weighted by molar-refractivity contribution is -0.426. The SMILES string of the molecule is Cc1ccc(NC(=O)C[N+]2=C3C=CSC3C(=O)N(CC(C)C)C2=O)c(Br)c1. The van der Waals surface area contributed by atoms with Crippen LogP contribution in [0.25, 0.3) is 0 Å². The molecule has 1 aromatic carbocycles. The third-order valence-electron chi connectivity index (χ3n) is 4.23. The highest BCUT2D eigenvalue weighted by Gasteiger charge is 2.49. The summed E-state index contributed by atoms with van der Waals surface area (Å²) in [6.07, 6.45) is 1.74. The Kier molecular flexibility index (Phi) is 5.86. The van der Waals surface area contributed by atoms with E-state index in [9.17, 15) is 14.4 Å². The summed E-state index contributed by atoms with van der Waals surface area (Å²) in [7, 11) is 0. The molecule has 0 aromatic heterocycles. The summed E-state index contributed by atoms with van der Waals surface area (Å²) in [6, 6.07) is 5.18. The Balaban J connectivity index is 1.83. The van der Waals surface area contributed by atoms with Gasteiger partial charge < -0.3 is 5.32 Å². The molecule has 142 valence electrons. The molecule has 6 nitrogen and oxygen atoms in total. The second-order valence-electron chi connectivity index (χ2n) is 6.99. The number of anilines is 1. The van der Waals surface area contributed by atoms with Crippen molar-refractivity contribution in [2.45, 2.75) is 26.0 Å². The summed E-state index contributed by atoms with van der Waals surface area (Å²) < 4.78 is 2.18. The lowest BCUT2D eigenvalue weighted by Gasteiger charge is -2.25. The van der Waals surface area contributed by atoms with E-state index in [2.05, 4.69) is 21.2 Å². The highest BCUT2D eigenvalue weighted by molar-refractivity contribution is 9.10. The summed E-state index contributed by atoms with van der Waals surface area (Å²) in [4.78, 5) is 39.4. The lowest BCUT2D eigenvalue weighted by atomic mass is 10.1. The van der Waals surface area contributed by atoms with Gasteiger partial charge in [-0.1, -0.05) is 19.9 Å². The number of nitrogens with one attached hydrogen (secondary N) is 1. The molecule has 0 saturated carbocycles. The number of allylic oxidation sites excluding steroid dienone is 1. The van der Waals surface area contributed by atoms with Crippen LogP contribution in [0.3, 0.4) is 0 Å². The maximum atomic E-state index is 12.9. The minimum Gasteiger partial charge on any atom is -0.322 e. The van der Waals surface area contributed by atoms with E-state index in [1.807, 2.05) is 39.0 Å². The standard InChI is InChI=1S/C19H20BrN3O3S/c1-11(2)9-23-18(25)17-15(6-7-27-17)22(19(23)26)10-16(24)21-14-5-4-12(3)8-13(14)20/h4-8,11,17H,9-10H2,1-3H3/p+1. The molecule has 0 fully saturated rings. The molecule has 1 unspecified atom stereocenters. The maximum Gasteiger partial charge on any atom is 0.501 e. The Morgan fingerprint density at radius 3 is 2.78 bits per heavy atom. The molecule has 0 radical (unpaired) electrons. The molecule has 0 saturated heterocycles. The molecular formula is C19H21BrN3O3S+. The first-order valence-corrected chi connectivity index (χ1v) is 10.4. The number of amides is 4. The van der Waals surface area contributed by atoms with Crippen molar-refractivity contribution < 1.29 is 19.0 Å². The monoisotopic (exact) mass is 450 g/mol. The second kappa shape index (κ2) is 7.98. The molecule has 2 aliphatic rings. The molecule has 4 amide bonds. The van der Waals surface area contributed by atoms with Gasteiger partial charge in [0.25, 0.3) is 5.91 Å². The van der Waals surface area contributed by atoms with E-state index in [1.165, 1.54) is 21.2 Å². The van der Waals surface area contributed by atoms with Gasteiger partial charge in [0.2, 0.25) is 0 Å². The first-order chi connectivity index (χ1) is 12.8. The zero-order chi connectivity index (χ0) is 19.7. The normalized spacial score (nSPS) is 19.1. The van der Waals surface area contributed by atoms with Crippen molar-refractivity contribution in [1.82, 2.24) is 4.90 Å². The number of nitrogens with zero attached hydrogens (tertiary/aromatic N) is 2. The summed E-state index contributed by atoms with van der Waals surface area (Å²) in [5.74, 6) is -0.377. The zero-order valence-corrected chi connectivity index (χ0v) is 17.8. The van der Waals surface area contributed by atoms with Crippen molar-refractivity contribution in [3.8, 4) is 0 Å². The first-order valence-electron chi connectivity index (χ1n) is 8.65. The van der Waals surface area contributed by atoms with Crippen LogP contribution in [0.15, 0.2) is 34.2 Å². The number of fused-ring (bicyclic) bond motifs is 1.